The molecule has 1 aromatic carbocycles. The van der Waals surface area contributed by atoms with Gasteiger partial charge in [-0.25, -0.2) is 0 Å². The second-order valence-electron chi connectivity index (χ2n) is 7.37. The summed E-state index contributed by atoms with van der Waals surface area (Å²) in [6.45, 7) is 10.4. The van der Waals surface area contributed by atoms with E-state index in [0.717, 1.165) is 64.6 Å². The average molecular weight is 391 g/mol. The van der Waals surface area contributed by atoms with Crippen molar-refractivity contribution in [3.63, 3.8) is 0 Å². The number of unbranched alkanes of at least 4 members (excludes halogenated alkanes) is 1. The third-order valence-corrected chi connectivity index (χ3v) is 4.88. The van der Waals surface area contributed by atoms with Crippen LogP contribution in [0.1, 0.15) is 44.2 Å². The zero-order valence-corrected chi connectivity index (χ0v) is 17.6. The predicted molar refractivity (Wildman–Crippen MR) is 116 cm³/mol. The van der Waals surface area contributed by atoms with Gasteiger partial charge in [-0.05, 0) is 37.3 Å². The standard InChI is InChI=1S/C22H38N4O2/c1-3-5-14-28-15-8-12-24-22(23-4-2)25-16-21(27)18-26-13-11-19-9-6-7-10-20(19)17-26/h6-7,9-10,21,27H,3-5,8,11-18H2,1-2H3,(H2,23,24,25). The Bertz CT molecular complexity index is 579. The van der Waals surface area contributed by atoms with Crippen LogP contribution in [-0.2, 0) is 17.7 Å². The van der Waals surface area contributed by atoms with Crippen LogP contribution in [0.5, 0.6) is 0 Å². The smallest absolute Gasteiger partial charge is 0.191 e. The topological polar surface area (TPSA) is 69.1 Å². The molecular formula is C22H38N4O2. The summed E-state index contributed by atoms with van der Waals surface area (Å²) in [5.74, 6) is 0.763. The molecule has 158 valence electrons. The third kappa shape index (κ3) is 8.59. The van der Waals surface area contributed by atoms with Crippen molar-refractivity contribution in [3.8, 4) is 0 Å². The number of β-amino-alcohol motifs (C(OH)–C–C–N with tert-alkyl or cyclic N) is 1. The molecule has 0 amide bonds. The largest absolute Gasteiger partial charge is 0.390 e. The van der Waals surface area contributed by atoms with Crippen molar-refractivity contribution in [1.82, 2.24) is 15.5 Å². The third-order valence-electron chi connectivity index (χ3n) is 4.88. The fourth-order valence-corrected chi connectivity index (χ4v) is 3.33. The molecule has 1 aromatic rings. The van der Waals surface area contributed by atoms with E-state index < -0.39 is 6.10 Å². The molecule has 2 rings (SSSR count). The molecule has 1 aliphatic heterocycles. The van der Waals surface area contributed by atoms with Crippen molar-refractivity contribution in [2.75, 3.05) is 45.9 Å². The van der Waals surface area contributed by atoms with E-state index in [1.165, 1.54) is 17.5 Å². The van der Waals surface area contributed by atoms with Crippen LogP contribution in [0.3, 0.4) is 0 Å². The average Bonchev–Trinajstić information content (AvgIpc) is 2.71. The minimum atomic E-state index is -0.460. The Hall–Kier alpha value is -1.63. The molecule has 1 unspecified atom stereocenters. The maximum Gasteiger partial charge on any atom is 0.191 e. The van der Waals surface area contributed by atoms with Crippen molar-refractivity contribution in [2.45, 2.75) is 52.2 Å². The quantitative estimate of drug-likeness (QED) is 0.290. The van der Waals surface area contributed by atoms with Crippen LogP contribution in [0.2, 0.25) is 0 Å². The van der Waals surface area contributed by atoms with Crippen molar-refractivity contribution in [2.24, 2.45) is 4.99 Å². The predicted octanol–water partition coefficient (Wildman–Crippen LogP) is 2.17. The van der Waals surface area contributed by atoms with E-state index in [1.807, 2.05) is 6.92 Å². The molecule has 0 aromatic heterocycles. The van der Waals surface area contributed by atoms with Crippen LogP contribution >= 0.6 is 0 Å². The Labute approximate surface area is 170 Å². The monoisotopic (exact) mass is 390 g/mol. The molecule has 28 heavy (non-hydrogen) atoms. The van der Waals surface area contributed by atoms with E-state index in [2.05, 4.69) is 51.7 Å². The Morgan fingerprint density at radius 3 is 2.75 bits per heavy atom. The van der Waals surface area contributed by atoms with Gasteiger partial charge in [-0.1, -0.05) is 37.6 Å². The van der Waals surface area contributed by atoms with Gasteiger partial charge in [-0.15, -0.1) is 0 Å². The highest BCUT2D eigenvalue weighted by Crippen LogP contribution is 2.18. The number of hydrogen-bond donors (Lipinski definition) is 3. The van der Waals surface area contributed by atoms with Crippen LogP contribution < -0.4 is 10.6 Å². The van der Waals surface area contributed by atoms with E-state index in [4.69, 9.17) is 4.74 Å². The summed E-state index contributed by atoms with van der Waals surface area (Å²) in [6, 6.07) is 8.58. The molecule has 0 fully saturated rings. The van der Waals surface area contributed by atoms with Gasteiger partial charge in [0.25, 0.3) is 0 Å². The Morgan fingerprint density at radius 1 is 1.18 bits per heavy atom. The molecule has 0 spiro atoms. The van der Waals surface area contributed by atoms with E-state index in [-0.39, 0.29) is 0 Å². The number of aliphatic hydroxyl groups is 1. The van der Waals surface area contributed by atoms with Crippen LogP contribution in [0, 0.1) is 0 Å². The summed E-state index contributed by atoms with van der Waals surface area (Å²) >= 11 is 0. The van der Waals surface area contributed by atoms with Crippen LogP contribution in [0.4, 0.5) is 0 Å². The molecule has 1 aliphatic rings. The molecule has 6 heteroatoms. The van der Waals surface area contributed by atoms with Crippen molar-refractivity contribution in [1.29, 1.82) is 0 Å². The minimum absolute atomic E-state index is 0.403. The summed E-state index contributed by atoms with van der Waals surface area (Å²) < 4.78 is 5.58. The number of fused-ring (bicyclic) bond motifs is 1. The molecule has 1 atom stereocenters. The Kier molecular flexibility index (Phi) is 10.9. The number of aliphatic imine (C=N–C) groups is 1. The molecule has 0 radical (unpaired) electrons. The van der Waals surface area contributed by atoms with Crippen LogP contribution in [-0.4, -0.2) is 68.0 Å². The van der Waals surface area contributed by atoms with Gasteiger partial charge in [0.2, 0.25) is 0 Å². The molecule has 0 bridgehead atoms. The van der Waals surface area contributed by atoms with Gasteiger partial charge in [0.1, 0.15) is 0 Å². The number of nitrogens with one attached hydrogen (secondary N) is 2. The highest BCUT2D eigenvalue weighted by Gasteiger charge is 2.18. The van der Waals surface area contributed by atoms with Gasteiger partial charge in [0, 0.05) is 45.9 Å². The van der Waals surface area contributed by atoms with Gasteiger partial charge in [-0.3, -0.25) is 9.89 Å². The van der Waals surface area contributed by atoms with Gasteiger partial charge < -0.3 is 20.5 Å². The van der Waals surface area contributed by atoms with Gasteiger partial charge in [0.15, 0.2) is 5.96 Å². The number of guanidine groups is 1. The Morgan fingerprint density at radius 2 is 1.96 bits per heavy atom. The number of aliphatic hydroxyl groups excluding tert-OH is 1. The normalized spacial score (nSPS) is 15.9. The van der Waals surface area contributed by atoms with Gasteiger partial charge in [-0.2, -0.15) is 0 Å². The first kappa shape index (κ1) is 22.7. The summed E-state index contributed by atoms with van der Waals surface area (Å²) in [7, 11) is 0. The molecule has 0 saturated carbocycles. The lowest BCUT2D eigenvalue weighted by Crippen LogP contribution is -2.40. The molecular weight excluding hydrogens is 352 g/mol. The summed E-state index contributed by atoms with van der Waals surface area (Å²) in [6.07, 6.45) is 3.83. The first-order valence-electron chi connectivity index (χ1n) is 10.8. The van der Waals surface area contributed by atoms with Crippen molar-refractivity contribution < 1.29 is 9.84 Å². The van der Waals surface area contributed by atoms with E-state index >= 15 is 0 Å². The lowest BCUT2D eigenvalue weighted by Gasteiger charge is -2.30. The SMILES string of the molecule is CCCCOCCCNC(=NCC(O)CN1CCc2ccccc2C1)NCC. The zero-order chi connectivity index (χ0) is 20.0. The first-order chi connectivity index (χ1) is 13.7. The zero-order valence-electron chi connectivity index (χ0n) is 17.6. The number of rotatable bonds is 12. The maximum atomic E-state index is 10.4. The number of hydrogen-bond acceptors (Lipinski definition) is 4. The lowest BCUT2D eigenvalue weighted by atomic mass is 10.00. The highest BCUT2D eigenvalue weighted by atomic mass is 16.5. The second-order valence-corrected chi connectivity index (χ2v) is 7.37. The van der Waals surface area contributed by atoms with Crippen LogP contribution in [0.15, 0.2) is 29.3 Å². The number of benzene rings is 1. The van der Waals surface area contributed by atoms with E-state index in [1.54, 1.807) is 0 Å². The summed E-state index contributed by atoms with van der Waals surface area (Å²) in [4.78, 5) is 6.86. The molecule has 0 saturated heterocycles. The van der Waals surface area contributed by atoms with Crippen LogP contribution in [0.25, 0.3) is 0 Å². The van der Waals surface area contributed by atoms with E-state index in [0.29, 0.717) is 13.1 Å². The molecule has 6 nitrogen and oxygen atoms in total. The number of nitrogens with zero attached hydrogens (tertiary/aromatic N) is 2. The summed E-state index contributed by atoms with van der Waals surface area (Å²) in [5, 5.41) is 17.0. The lowest BCUT2D eigenvalue weighted by molar-refractivity contribution is 0.111. The van der Waals surface area contributed by atoms with Crippen molar-refractivity contribution in [3.05, 3.63) is 35.4 Å². The fourth-order valence-electron chi connectivity index (χ4n) is 3.33. The number of ether oxygens (including phenoxy) is 1. The summed E-state index contributed by atoms with van der Waals surface area (Å²) in [5.41, 5.74) is 2.81. The Balaban J connectivity index is 1.68. The fraction of sp³-hybridized carbons (Fsp3) is 0.682. The van der Waals surface area contributed by atoms with E-state index in [9.17, 15) is 5.11 Å². The minimum Gasteiger partial charge on any atom is -0.390 e. The first-order valence-corrected chi connectivity index (χ1v) is 10.8. The van der Waals surface area contributed by atoms with Gasteiger partial charge in [0.05, 0.1) is 12.6 Å². The maximum absolute atomic E-state index is 10.4. The molecule has 1 heterocycles. The highest BCUT2D eigenvalue weighted by molar-refractivity contribution is 5.79. The van der Waals surface area contributed by atoms with Gasteiger partial charge >= 0.3 is 0 Å². The second kappa shape index (κ2) is 13.5. The van der Waals surface area contributed by atoms with Crippen molar-refractivity contribution >= 4 is 5.96 Å². The molecule has 3 N–H and O–H groups in total. The molecule has 0 aliphatic carbocycles.